The van der Waals surface area contributed by atoms with Crippen LogP contribution in [-0.2, 0) is 9.53 Å². The number of primary amides is 1. The van der Waals surface area contributed by atoms with Gasteiger partial charge >= 0.3 is 0 Å². The second-order valence-electron chi connectivity index (χ2n) is 5.79. The van der Waals surface area contributed by atoms with Crippen LogP contribution in [0.2, 0.25) is 0 Å². The topological polar surface area (TPSA) is 95.0 Å². The SMILES string of the molecule is COc1ccc(-c2ccc(C(=O)N3CCOCC3CC(N)=O)o2)cc1. The van der Waals surface area contributed by atoms with Gasteiger partial charge in [-0.1, -0.05) is 0 Å². The Kier molecular flexibility index (Phi) is 5.04. The van der Waals surface area contributed by atoms with E-state index in [1.54, 1.807) is 24.1 Å². The third kappa shape index (κ3) is 3.83. The second-order valence-corrected chi connectivity index (χ2v) is 5.79. The predicted molar refractivity (Wildman–Crippen MR) is 90.2 cm³/mol. The third-order valence-corrected chi connectivity index (χ3v) is 4.12. The minimum absolute atomic E-state index is 0.0672. The van der Waals surface area contributed by atoms with Crippen molar-refractivity contribution in [2.75, 3.05) is 26.9 Å². The number of benzene rings is 1. The molecule has 0 saturated carbocycles. The molecule has 2 amide bonds. The Labute approximate surface area is 145 Å². The molecule has 0 aliphatic carbocycles. The van der Waals surface area contributed by atoms with E-state index in [-0.39, 0.29) is 24.1 Å². The molecule has 7 heteroatoms. The lowest BCUT2D eigenvalue weighted by Crippen LogP contribution is -2.50. The molecule has 1 aromatic heterocycles. The van der Waals surface area contributed by atoms with Gasteiger partial charge in [0.25, 0.3) is 5.91 Å². The van der Waals surface area contributed by atoms with E-state index in [4.69, 9.17) is 19.6 Å². The van der Waals surface area contributed by atoms with Gasteiger partial charge in [-0.2, -0.15) is 0 Å². The highest BCUT2D eigenvalue weighted by molar-refractivity contribution is 5.92. The van der Waals surface area contributed by atoms with Gasteiger partial charge in [0.05, 0.1) is 26.4 Å². The second kappa shape index (κ2) is 7.40. The van der Waals surface area contributed by atoms with E-state index in [1.807, 2.05) is 24.3 Å². The van der Waals surface area contributed by atoms with E-state index in [2.05, 4.69) is 0 Å². The number of hydrogen-bond acceptors (Lipinski definition) is 5. The Bertz CT molecular complexity index is 753. The minimum Gasteiger partial charge on any atom is -0.497 e. The van der Waals surface area contributed by atoms with E-state index in [0.717, 1.165) is 11.3 Å². The zero-order chi connectivity index (χ0) is 17.8. The first kappa shape index (κ1) is 17.0. The van der Waals surface area contributed by atoms with Crippen LogP contribution in [0, 0.1) is 0 Å². The van der Waals surface area contributed by atoms with E-state index in [0.29, 0.717) is 25.5 Å². The first-order valence-electron chi connectivity index (χ1n) is 8.00. The molecule has 0 spiro atoms. The van der Waals surface area contributed by atoms with Gasteiger partial charge in [-0.15, -0.1) is 0 Å². The van der Waals surface area contributed by atoms with Crippen molar-refractivity contribution in [3.8, 4) is 17.1 Å². The van der Waals surface area contributed by atoms with Gasteiger partial charge in [0.2, 0.25) is 5.91 Å². The van der Waals surface area contributed by atoms with E-state index in [1.165, 1.54) is 0 Å². The molecule has 7 nitrogen and oxygen atoms in total. The summed E-state index contributed by atoms with van der Waals surface area (Å²) < 4.78 is 16.2. The van der Waals surface area contributed by atoms with Gasteiger partial charge in [0.1, 0.15) is 11.5 Å². The van der Waals surface area contributed by atoms with Crippen molar-refractivity contribution in [3.63, 3.8) is 0 Å². The summed E-state index contributed by atoms with van der Waals surface area (Å²) in [6, 6.07) is 10.4. The zero-order valence-electron chi connectivity index (χ0n) is 13.9. The quantitative estimate of drug-likeness (QED) is 0.890. The highest BCUT2D eigenvalue weighted by Gasteiger charge is 2.30. The summed E-state index contributed by atoms with van der Waals surface area (Å²) >= 11 is 0. The van der Waals surface area contributed by atoms with Crippen molar-refractivity contribution in [1.82, 2.24) is 4.90 Å². The molecule has 1 aliphatic heterocycles. The van der Waals surface area contributed by atoms with Crippen LogP contribution >= 0.6 is 0 Å². The average Bonchev–Trinajstić information content (AvgIpc) is 3.11. The fourth-order valence-electron chi connectivity index (χ4n) is 2.83. The summed E-state index contributed by atoms with van der Waals surface area (Å²) in [7, 11) is 1.60. The molecule has 1 unspecified atom stereocenters. The Morgan fingerprint density at radius 1 is 1.24 bits per heavy atom. The van der Waals surface area contributed by atoms with Crippen LogP contribution in [0.25, 0.3) is 11.3 Å². The Balaban J connectivity index is 1.77. The summed E-state index contributed by atoms with van der Waals surface area (Å²) in [5.74, 6) is 0.822. The standard InChI is InChI=1S/C18H20N2O5/c1-23-14-4-2-12(3-5-14)15-6-7-16(25-15)18(22)20-8-9-24-11-13(20)10-17(19)21/h2-7,13H,8-11H2,1H3,(H2,19,21). The molecular weight excluding hydrogens is 324 g/mol. The molecule has 2 aromatic rings. The van der Waals surface area contributed by atoms with Crippen LogP contribution in [0.4, 0.5) is 0 Å². The summed E-state index contributed by atoms with van der Waals surface area (Å²) in [5.41, 5.74) is 6.11. The van der Waals surface area contributed by atoms with Crippen LogP contribution in [-0.4, -0.2) is 49.6 Å². The number of nitrogens with two attached hydrogens (primary N) is 1. The molecule has 0 radical (unpaired) electrons. The number of carbonyl (C=O) groups is 2. The van der Waals surface area contributed by atoms with Crippen molar-refractivity contribution in [2.24, 2.45) is 5.73 Å². The Morgan fingerprint density at radius 2 is 2.00 bits per heavy atom. The average molecular weight is 344 g/mol. The molecule has 3 rings (SSSR count). The molecule has 2 N–H and O–H groups in total. The number of morpholine rings is 1. The molecule has 1 fully saturated rings. The van der Waals surface area contributed by atoms with Crippen LogP contribution in [0.5, 0.6) is 5.75 Å². The molecule has 0 bridgehead atoms. The highest BCUT2D eigenvalue weighted by Crippen LogP contribution is 2.26. The van der Waals surface area contributed by atoms with Gasteiger partial charge in [-0.3, -0.25) is 9.59 Å². The number of ether oxygens (including phenoxy) is 2. The first-order chi connectivity index (χ1) is 12.1. The number of hydrogen-bond donors (Lipinski definition) is 1. The van der Waals surface area contributed by atoms with Gasteiger partial charge in [-0.05, 0) is 36.4 Å². The van der Waals surface area contributed by atoms with Crippen molar-refractivity contribution in [1.29, 1.82) is 0 Å². The molecular formula is C18H20N2O5. The maximum absolute atomic E-state index is 12.7. The lowest BCUT2D eigenvalue weighted by Gasteiger charge is -2.34. The number of nitrogens with zero attached hydrogens (tertiary/aromatic N) is 1. The number of rotatable bonds is 5. The van der Waals surface area contributed by atoms with Crippen molar-refractivity contribution < 1.29 is 23.5 Å². The van der Waals surface area contributed by atoms with Gasteiger partial charge in [0, 0.05) is 18.5 Å². The fourth-order valence-corrected chi connectivity index (χ4v) is 2.83. The number of amides is 2. The van der Waals surface area contributed by atoms with Crippen LogP contribution < -0.4 is 10.5 Å². The normalized spacial score (nSPS) is 17.3. The molecule has 1 aliphatic rings. The summed E-state index contributed by atoms with van der Waals surface area (Å²) in [6.07, 6.45) is 0.0672. The molecule has 2 heterocycles. The van der Waals surface area contributed by atoms with Crippen molar-refractivity contribution >= 4 is 11.8 Å². The molecule has 132 valence electrons. The highest BCUT2D eigenvalue weighted by atomic mass is 16.5. The monoisotopic (exact) mass is 344 g/mol. The van der Waals surface area contributed by atoms with Gasteiger partial charge in [0.15, 0.2) is 5.76 Å². The van der Waals surface area contributed by atoms with E-state index >= 15 is 0 Å². The summed E-state index contributed by atoms with van der Waals surface area (Å²) in [6.45, 7) is 1.11. The maximum atomic E-state index is 12.7. The van der Waals surface area contributed by atoms with E-state index < -0.39 is 5.91 Å². The van der Waals surface area contributed by atoms with Gasteiger partial charge in [-0.25, -0.2) is 0 Å². The first-order valence-corrected chi connectivity index (χ1v) is 8.00. The van der Waals surface area contributed by atoms with Crippen molar-refractivity contribution in [2.45, 2.75) is 12.5 Å². The lowest BCUT2D eigenvalue weighted by atomic mass is 10.1. The van der Waals surface area contributed by atoms with Crippen molar-refractivity contribution in [3.05, 3.63) is 42.2 Å². The molecule has 25 heavy (non-hydrogen) atoms. The number of carbonyl (C=O) groups excluding carboxylic acids is 2. The Morgan fingerprint density at radius 3 is 2.68 bits per heavy atom. The predicted octanol–water partition coefficient (Wildman–Crippen LogP) is 1.67. The largest absolute Gasteiger partial charge is 0.497 e. The van der Waals surface area contributed by atoms with Crippen LogP contribution in [0.15, 0.2) is 40.8 Å². The number of furan rings is 1. The molecule has 1 atom stereocenters. The number of methoxy groups -OCH3 is 1. The van der Waals surface area contributed by atoms with E-state index in [9.17, 15) is 9.59 Å². The van der Waals surface area contributed by atoms with Crippen LogP contribution in [0.3, 0.4) is 0 Å². The summed E-state index contributed by atoms with van der Waals surface area (Å²) in [5, 5.41) is 0. The minimum atomic E-state index is -0.466. The zero-order valence-corrected chi connectivity index (χ0v) is 13.9. The molecule has 1 aromatic carbocycles. The maximum Gasteiger partial charge on any atom is 0.290 e. The molecule has 1 saturated heterocycles. The smallest absolute Gasteiger partial charge is 0.290 e. The Hall–Kier alpha value is -2.80. The third-order valence-electron chi connectivity index (χ3n) is 4.12. The lowest BCUT2D eigenvalue weighted by molar-refractivity contribution is -0.120. The van der Waals surface area contributed by atoms with Gasteiger partial charge < -0.3 is 24.5 Å². The van der Waals surface area contributed by atoms with Crippen LogP contribution in [0.1, 0.15) is 17.0 Å². The summed E-state index contributed by atoms with van der Waals surface area (Å²) in [4.78, 5) is 25.5. The fraction of sp³-hybridized carbons (Fsp3) is 0.333.